The lowest BCUT2D eigenvalue weighted by atomic mass is 9.63. The summed E-state index contributed by atoms with van der Waals surface area (Å²) in [5.74, 6) is -0.852. The van der Waals surface area contributed by atoms with Gasteiger partial charge in [-0.2, -0.15) is 0 Å². The molecule has 0 amide bonds. The van der Waals surface area contributed by atoms with Gasteiger partial charge in [0, 0.05) is 12.3 Å². The van der Waals surface area contributed by atoms with Crippen LogP contribution in [0.5, 0.6) is 0 Å². The van der Waals surface area contributed by atoms with Crippen molar-refractivity contribution in [1.29, 1.82) is 0 Å². The number of carbonyl (C=O) groups excluding carboxylic acids is 1. The molecule has 3 nitrogen and oxygen atoms in total. The van der Waals surface area contributed by atoms with E-state index in [1.807, 2.05) is 66.7 Å². The highest BCUT2D eigenvalue weighted by Crippen LogP contribution is 2.60. The van der Waals surface area contributed by atoms with Gasteiger partial charge in [-0.1, -0.05) is 67.1 Å². The Bertz CT molecular complexity index is 919. The quantitative estimate of drug-likeness (QED) is 0.695. The average Bonchev–Trinajstić information content (AvgIpc) is 3.05. The van der Waals surface area contributed by atoms with Crippen LogP contribution in [0.2, 0.25) is 0 Å². The molecule has 2 aromatic rings. The summed E-state index contributed by atoms with van der Waals surface area (Å²) in [6, 6.07) is 20.1. The molecule has 150 valence electrons. The summed E-state index contributed by atoms with van der Waals surface area (Å²) in [5.41, 5.74) is 2.38. The molecule has 2 aromatic carbocycles. The highest BCUT2D eigenvalue weighted by molar-refractivity contribution is 6.06. The van der Waals surface area contributed by atoms with Crippen molar-refractivity contribution in [2.75, 3.05) is 0 Å². The van der Waals surface area contributed by atoms with E-state index in [0.717, 1.165) is 48.8 Å². The van der Waals surface area contributed by atoms with E-state index in [9.17, 15) is 9.90 Å². The monoisotopic (exact) mass is 388 g/mol. The maximum absolute atomic E-state index is 13.8. The van der Waals surface area contributed by atoms with Gasteiger partial charge in [0.2, 0.25) is 0 Å². The number of ketones is 1. The summed E-state index contributed by atoms with van der Waals surface area (Å²) >= 11 is 0. The van der Waals surface area contributed by atoms with Crippen LogP contribution in [-0.4, -0.2) is 16.7 Å². The minimum absolute atomic E-state index is 0.0382. The maximum Gasteiger partial charge on any atom is 0.169 e. The van der Waals surface area contributed by atoms with E-state index in [1.54, 1.807) is 0 Å². The van der Waals surface area contributed by atoms with Gasteiger partial charge in [-0.15, -0.1) is 0 Å². The van der Waals surface area contributed by atoms with Crippen LogP contribution < -0.4 is 0 Å². The lowest BCUT2D eigenvalue weighted by Gasteiger charge is -2.53. The minimum Gasteiger partial charge on any atom is -0.365 e. The number of allylic oxidation sites excluding steroid dienone is 1. The van der Waals surface area contributed by atoms with Crippen molar-refractivity contribution < 1.29 is 14.6 Å². The van der Waals surface area contributed by atoms with Gasteiger partial charge >= 0.3 is 0 Å². The Balaban J connectivity index is 1.55. The number of fused-ring (bicyclic) bond motifs is 1. The van der Waals surface area contributed by atoms with Crippen molar-refractivity contribution >= 4 is 11.9 Å². The molecule has 29 heavy (non-hydrogen) atoms. The molecule has 0 aromatic heterocycles. The van der Waals surface area contributed by atoms with E-state index in [1.165, 1.54) is 0 Å². The first-order valence-electron chi connectivity index (χ1n) is 10.9. The highest BCUT2D eigenvalue weighted by atomic mass is 16.6. The molecule has 2 aliphatic carbocycles. The third kappa shape index (κ3) is 3.17. The fraction of sp³-hybridized carbons (Fsp3) is 0.423. The SMILES string of the molecule is O=C1C(=Cc2ccccc2)CC[C@@]12C[C@@H]1CCCC[C@]1(O)O[C@@H]2c1ccccc1. The van der Waals surface area contributed by atoms with Gasteiger partial charge in [0.05, 0.1) is 11.5 Å². The van der Waals surface area contributed by atoms with Gasteiger partial charge in [0.1, 0.15) is 0 Å². The van der Waals surface area contributed by atoms with Crippen molar-refractivity contribution in [1.82, 2.24) is 0 Å². The van der Waals surface area contributed by atoms with E-state index in [2.05, 4.69) is 0 Å². The molecule has 1 saturated heterocycles. The van der Waals surface area contributed by atoms with E-state index < -0.39 is 17.3 Å². The van der Waals surface area contributed by atoms with Gasteiger partial charge < -0.3 is 9.84 Å². The molecule has 1 heterocycles. The average molecular weight is 389 g/mol. The molecule has 3 heteroatoms. The molecule has 0 bridgehead atoms. The Morgan fingerprint density at radius 1 is 0.966 bits per heavy atom. The second-order valence-electron chi connectivity index (χ2n) is 8.97. The van der Waals surface area contributed by atoms with Gasteiger partial charge in [-0.25, -0.2) is 0 Å². The Hall–Kier alpha value is -2.23. The number of ether oxygens (including phenoxy) is 1. The summed E-state index contributed by atoms with van der Waals surface area (Å²) in [6.45, 7) is 0. The number of hydrogen-bond acceptors (Lipinski definition) is 3. The standard InChI is InChI=1S/C26H28O3/c27-23-21(17-19-9-3-1-4-10-19)14-16-25(23)18-22-13-7-8-15-26(22,28)29-24(25)20-11-5-2-6-12-20/h1-6,9-12,17,22,24,28H,7-8,13-16,18H2/t22-,24+,25+,26-/m0/s1. The second kappa shape index (κ2) is 7.23. The Labute approximate surface area is 172 Å². The van der Waals surface area contributed by atoms with Gasteiger partial charge in [0.15, 0.2) is 11.6 Å². The van der Waals surface area contributed by atoms with E-state index in [0.29, 0.717) is 12.8 Å². The lowest BCUT2D eigenvalue weighted by Crippen LogP contribution is -2.55. The first-order valence-corrected chi connectivity index (χ1v) is 10.9. The van der Waals surface area contributed by atoms with Crippen LogP contribution in [0.15, 0.2) is 66.2 Å². The number of benzene rings is 2. The minimum atomic E-state index is -1.10. The molecule has 1 spiro atoms. The van der Waals surface area contributed by atoms with Gasteiger partial charge in [-0.05, 0) is 54.9 Å². The largest absolute Gasteiger partial charge is 0.365 e. The van der Waals surface area contributed by atoms with Gasteiger partial charge in [-0.3, -0.25) is 4.79 Å². The van der Waals surface area contributed by atoms with E-state index in [4.69, 9.17) is 4.74 Å². The summed E-state index contributed by atoms with van der Waals surface area (Å²) in [7, 11) is 0. The summed E-state index contributed by atoms with van der Waals surface area (Å²) in [4.78, 5) is 13.8. The van der Waals surface area contributed by atoms with Crippen LogP contribution in [0.3, 0.4) is 0 Å². The van der Waals surface area contributed by atoms with Crippen LogP contribution >= 0.6 is 0 Å². The van der Waals surface area contributed by atoms with Crippen LogP contribution in [0.4, 0.5) is 0 Å². The summed E-state index contributed by atoms with van der Waals surface area (Å²) < 4.78 is 6.48. The van der Waals surface area contributed by atoms with Crippen molar-refractivity contribution in [2.45, 2.75) is 56.8 Å². The zero-order chi connectivity index (χ0) is 19.9. The molecular weight excluding hydrogens is 360 g/mol. The third-order valence-electron chi connectivity index (χ3n) is 7.24. The van der Waals surface area contributed by atoms with E-state index in [-0.39, 0.29) is 11.7 Å². The lowest BCUT2D eigenvalue weighted by molar-refractivity contribution is -0.323. The molecule has 0 unspecified atom stereocenters. The molecule has 2 saturated carbocycles. The smallest absolute Gasteiger partial charge is 0.169 e. The molecule has 0 radical (unpaired) electrons. The number of aliphatic hydroxyl groups is 1. The van der Waals surface area contributed by atoms with E-state index >= 15 is 0 Å². The van der Waals surface area contributed by atoms with Crippen LogP contribution in [0.1, 0.15) is 62.2 Å². The topological polar surface area (TPSA) is 46.5 Å². The Morgan fingerprint density at radius 2 is 1.69 bits per heavy atom. The fourth-order valence-corrected chi connectivity index (χ4v) is 5.73. The predicted molar refractivity (Wildman–Crippen MR) is 113 cm³/mol. The second-order valence-corrected chi connectivity index (χ2v) is 8.97. The molecule has 1 N–H and O–H groups in total. The first-order chi connectivity index (χ1) is 14.1. The Morgan fingerprint density at radius 3 is 2.45 bits per heavy atom. The predicted octanol–water partition coefficient (Wildman–Crippen LogP) is 5.46. The van der Waals surface area contributed by atoms with Crippen molar-refractivity contribution in [3.63, 3.8) is 0 Å². The molecule has 3 fully saturated rings. The zero-order valence-electron chi connectivity index (χ0n) is 16.7. The molecule has 4 atom stereocenters. The maximum atomic E-state index is 13.8. The molecule has 5 rings (SSSR count). The zero-order valence-corrected chi connectivity index (χ0v) is 16.7. The van der Waals surface area contributed by atoms with Crippen molar-refractivity contribution in [3.8, 4) is 0 Å². The van der Waals surface area contributed by atoms with Crippen LogP contribution in [0, 0.1) is 11.3 Å². The highest BCUT2D eigenvalue weighted by Gasteiger charge is 2.61. The number of hydrogen-bond donors (Lipinski definition) is 1. The van der Waals surface area contributed by atoms with Crippen molar-refractivity contribution in [3.05, 3.63) is 77.4 Å². The summed E-state index contributed by atoms with van der Waals surface area (Å²) in [6.07, 6.45) is 7.61. The van der Waals surface area contributed by atoms with Crippen LogP contribution in [0.25, 0.3) is 6.08 Å². The first kappa shape index (κ1) is 18.8. The molecule has 3 aliphatic rings. The third-order valence-corrected chi connectivity index (χ3v) is 7.24. The molecular formula is C26H28O3. The van der Waals surface area contributed by atoms with Crippen LogP contribution in [-0.2, 0) is 9.53 Å². The number of Topliss-reactive ketones (excluding diaryl/α,β-unsaturated/α-hetero) is 1. The number of rotatable bonds is 2. The number of carbonyl (C=O) groups is 1. The Kier molecular flexibility index (Phi) is 4.68. The van der Waals surface area contributed by atoms with Crippen molar-refractivity contribution in [2.24, 2.45) is 11.3 Å². The fourth-order valence-electron chi connectivity index (χ4n) is 5.73. The molecule has 1 aliphatic heterocycles. The normalized spacial score (nSPS) is 35.8. The van der Waals surface area contributed by atoms with Gasteiger partial charge in [0.25, 0.3) is 0 Å². The summed E-state index contributed by atoms with van der Waals surface area (Å²) in [5, 5.41) is 11.3.